The van der Waals surface area contributed by atoms with E-state index in [-0.39, 0.29) is 11.7 Å². The van der Waals surface area contributed by atoms with Gasteiger partial charge in [-0.15, -0.1) is 0 Å². The van der Waals surface area contributed by atoms with E-state index in [2.05, 4.69) is 4.98 Å². The second-order valence-corrected chi connectivity index (χ2v) is 3.63. The first kappa shape index (κ1) is 9.32. The number of aromatic nitrogens is 1. The van der Waals surface area contributed by atoms with Crippen LogP contribution < -0.4 is 0 Å². The van der Waals surface area contributed by atoms with Gasteiger partial charge in [0.2, 0.25) is 0 Å². The maximum atomic E-state index is 11.1. The second-order valence-electron chi connectivity index (χ2n) is 2.71. The molecule has 0 N–H and O–H groups in total. The Hall–Kier alpha value is -0.770. The smallest absolute Gasteiger partial charge is 0.255 e. The molecule has 0 fully saturated rings. The number of Topliss-reactive ketones (excluding diaryl/α,β-unsaturated/α-hetero) is 1. The third kappa shape index (κ3) is 2.70. The maximum absolute atomic E-state index is 11.1. The van der Waals surface area contributed by atoms with Gasteiger partial charge in [0.05, 0.1) is 11.9 Å². The Bertz CT molecular complexity index is 244. The van der Waals surface area contributed by atoms with Crippen molar-refractivity contribution >= 4 is 17.5 Å². The number of hydrogen-bond acceptors (Lipinski definition) is 4. The summed E-state index contributed by atoms with van der Waals surface area (Å²) in [6, 6.07) is 0. The van der Waals surface area contributed by atoms with Crippen LogP contribution in [0.2, 0.25) is 0 Å². The quantitative estimate of drug-likeness (QED) is 0.673. The van der Waals surface area contributed by atoms with Gasteiger partial charge in [0.15, 0.2) is 0 Å². The van der Waals surface area contributed by atoms with Crippen LogP contribution in [-0.4, -0.2) is 16.5 Å². The molecule has 0 spiro atoms. The zero-order valence-electron chi connectivity index (χ0n) is 7.11. The predicted molar refractivity (Wildman–Crippen MR) is 47.1 cm³/mol. The molecule has 1 heterocycles. The molecule has 4 heteroatoms. The minimum absolute atomic E-state index is 0.0902. The second kappa shape index (κ2) is 4.30. The molecule has 0 aliphatic rings. The lowest BCUT2D eigenvalue weighted by Gasteiger charge is -2.00. The summed E-state index contributed by atoms with van der Waals surface area (Å²) in [7, 11) is 0. The number of rotatable bonds is 4. The lowest BCUT2D eigenvalue weighted by Crippen LogP contribution is -2.09. The van der Waals surface area contributed by atoms with E-state index in [9.17, 15) is 4.79 Å². The van der Waals surface area contributed by atoms with E-state index in [1.807, 2.05) is 13.8 Å². The topological polar surface area (TPSA) is 43.1 Å². The zero-order chi connectivity index (χ0) is 8.97. The first-order valence-electron chi connectivity index (χ1n) is 3.75. The molecule has 0 aliphatic heterocycles. The zero-order valence-corrected chi connectivity index (χ0v) is 7.93. The molecular weight excluding hydrogens is 174 g/mol. The summed E-state index contributed by atoms with van der Waals surface area (Å²) >= 11 is 1.34. The number of hydrogen-bond donors (Lipinski definition) is 0. The van der Waals surface area contributed by atoms with Gasteiger partial charge in [0.25, 0.3) is 5.22 Å². The Morgan fingerprint density at radius 3 is 3.00 bits per heavy atom. The van der Waals surface area contributed by atoms with E-state index in [1.165, 1.54) is 18.0 Å². The third-order valence-electron chi connectivity index (χ3n) is 1.39. The minimum Gasteiger partial charge on any atom is -0.440 e. The Morgan fingerprint density at radius 1 is 1.75 bits per heavy atom. The van der Waals surface area contributed by atoms with Crippen molar-refractivity contribution in [2.24, 2.45) is 5.92 Å². The first-order valence-corrected chi connectivity index (χ1v) is 4.73. The summed E-state index contributed by atoms with van der Waals surface area (Å²) in [6.45, 7) is 3.77. The molecule has 0 saturated heterocycles. The summed E-state index contributed by atoms with van der Waals surface area (Å²) in [5, 5.41) is 0.559. The number of carbonyl (C=O) groups is 1. The average molecular weight is 185 g/mol. The van der Waals surface area contributed by atoms with Gasteiger partial charge < -0.3 is 4.42 Å². The Kier molecular flexibility index (Phi) is 3.34. The van der Waals surface area contributed by atoms with Crippen molar-refractivity contribution in [3.05, 3.63) is 12.5 Å². The molecule has 0 amide bonds. The van der Waals surface area contributed by atoms with Crippen LogP contribution in [0.15, 0.2) is 22.1 Å². The van der Waals surface area contributed by atoms with E-state index in [0.29, 0.717) is 11.0 Å². The van der Waals surface area contributed by atoms with Crippen molar-refractivity contribution in [1.82, 2.24) is 4.98 Å². The van der Waals surface area contributed by atoms with Crippen LogP contribution in [-0.2, 0) is 4.79 Å². The van der Waals surface area contributed by atoms with Gasteiger partial charge in [-0.05, 0) is 0 Å². The van der Waals surface area contributed by atoms with Crippen LogP contribution in [0.25, 0.3) is 0 Å². The van der Waals surface area contributed by atoms with E-state index < -0.39 is 0 Å². The normalized spacial score (nSPS) is 10.6. The lowest BCUT2D eigenvalue weighted by atomic mass is 10.1. The molecule has 1 aromatic heterocycles. The fraction of sp³-hybridized carbons (Fsp3) is 0.500. The molecule has 12 heavy (non-hydrogen) atoms. The fourth-order valence-corrected chi connectivity index (χ4v) is 1.44. The molecule has 0 radical (unpaired) electrons. The lowest BCUT2D eigenvalue weighted by molar-refractivity contribution is -0.119. The van der Waals surface area contributed by atoms with Crippen LogP contribution in [0.1, 0.15) is 13.8 Å². The average Bonchev–Trinajstić information content (AvgIpc) is 2.51. The molecular formula is C8H11NO2S. The number of nitrogens with zero attached hydrogens (tertiary/aromatic N) is 1. The van der Waals surface area contributed by atoms with Crippen LogP contribution in [0, 0.1) is 5.92 Å². The molecule has 1 rings (SSSR count). The van der Waals surface area contributed by atoms with Crippen LogP contribution in [0.3, 0.4) is 0 Å². The minimum atomic E-state index is 0.0902. The van der Waals surface area contributed by atoms with Crippen LogP contribution in [0.5, 0.6) is 0 Å². The summed E-state index contributed by atoms with van der Waals surface area (Å²) in [5.41, 5.74) is 0. The molecule has 0 bridgehead atoms. The number of carbonyl (C=O) groups excluding carboxylic acids is 1. The van der Waals surface area contributed by atoms with Crippen molar-refractivity contribution in [3.63, 3.8) is 0 Å². The fourth-order valence-electron chi connectivity index (χ4n) is 0.581. The molecule has 0 saturated carbocycles. The number of oxazole rings is 1. The van der Waals surface area contributed by atoms with Crippen LogP contribution >= 0.6 is 11.8 Å². The maximum Gasteiger partial charge on any atom is 0.255 e. The Balaban J connectivity index is 2.32. The van der Waals surface area contributed by atoms with Gasteiger partial charge in [0.1, 0.15) is 12.0 Å². The van der Waals surface area contributed by atoms with Gasteiger partial charge in [-0.3, -0.25) is 4.79 Å². The van der Waals surface area contributed by atoms with Crippen molar-refractivity contribution in [3.8, 4) is 0 Å². The number of ketones is 1. The van der Waals surface area contributed by atoms with E-state index >= 15 is 0 Å². The predicted octanol–water partition coefficient (Wildman–Crippen LogP) is 1.99. The first-order chi connectivity index (χ1) is 5.70. The van der Waals surface area contributed by atoms with Crippen molar-refractivity contribution in [2.45, 2.75) is 19.1 Å². The van der Waals surface area contributed by atoms with E-state index in [1.54, 1.807) is 6.20 Å². The summed E-state index contributed by atoms with van der Waals surface area (Å²) in [4.78, 5) is 15.0. The number of thioether (sulfide) groups is 1. The third-order valence-corrected chi connectivity index (χ3v) is 2.27. The van der Waals surface area contributed by atoms with Gasteiger partial charge in [0, 0.05) is 5.92 Å². The summed E-state index contributed by atoms with van der Waals surface area (Å²) < 4.78 is 4.96. The highest BCUT2D eigenvalue weighted by Crippen LogP contribution is 2.15. The molecule has 3 nitrogen and oxygen atoms in total. The SMILES string of the molecule is CC(C)C(=O)CSc1ncco1. The van der Waals surface area contributed by atoms with E-state index in [4.69, 9.17) is 4.42 Å². The highest BCUT2D eigenvalue weighted by molar-refractivity contribution is 7.99. The summed E-state index contributed by atoms with van der Waals surface area (Å²) in [5.74, 6) is 0.753. The molecule has 1 aromatic rings. The van der Waals surface area contributed by atoms with Crippen molar-refractivity contribution in [1.29, 1.82) is 0 Å². The Labute approximate surface area is 75.6 Å². The molecule has 66 valence electrons. The standard InChI is InChI=1S/C8H11NO2S/c1-6(2)7(10)5-12-8-9-3-4-11-8/h3-4,6H,5H2,1-2H3. The van der Waals surface area contributed by atoms with Gasteiger partial charge in [-0.2, -0.15) is 0 Å². The van der Waals surface area contributed by atoms with Crippen molar-refractivity contribution in [2.75, 3.05) is 5.75 Å². The highest BCUT2D eigenvalue weighted by Gasteiger charge is 2.08. The van der Waals surface area contributed by atoms with Crippen molar-refractivity contribution < 1.29 is 9.21 Å². The molecule has 0 aliphatic carbocycles. The van der Waals surface area contributed by atoms with Crippen LogP contribution in [0.4, 0.5) is 0 Å². The molecule has 0 unspecified atom stereocenters. The summed E-state index contributed by atoms with van der Waals surface area (Å²) in [6.07, 6.45) is 3.07. The monoisotopic (exact) mass is 185 g/mol. The van der Waals surface area contributed by atoms with E-state index in [0.717, 1.165) is 0 Å². The van der Waals surface area contributed by atoms with Gasteiger partial charge in [-0.1, -0.05) is 25.6 Å². The molecule has 0 atom stereocenters. The largest absolute Gasteiger partial charge is 0.440 e. The van der Waals surface area contributed by atoms with Gasteiger partial charge in [-0.25, -0.2) is 4.98 Å². The Morgan fingerprint density at radius 2 is 2.50 bits per heavy atom. The van der Waals surface area contributed by atoms with Gasteiger partial charge >= 0.3 is 0 Å². The molecule has 0 aromatic carbocycles. The highest BCUT2D eigenvalue weighted by atomic mass is 32.2.